The van der Waals surface area contributed by atoms with E-state index in [-0.39, 0.29) is 23.6 Å². The molecule has 3 rings (SSSR count). The number of carbonyl (C=O) groups excluding carboxylic acids is 1. The predicted molar refractivity (Wildman–Crippen MR) is 87.5 cm³/mol. The van der Waals surface area contributed by atoms with Gasteiger partial charge in [-0.15, -0.1) is 0 Å². The van der Waals surface area contributed by atoms with Crippen molar-refractivity contribution in [3.63, 3.8) is 0 Å². The molecule has 1 heterocycles. The Labute approximate surface area is 131 Å². The fourth-order valence-electron chi connectivity index (χ4n) is 2.75. The zero-order valence-electron chi connectivity index (χ0n) is 12.9. The minimum atomic E-state index is -3.18. The van der Waals surface area contributed by atoms with E-state index in [2.05, 4.69) is 13.8 Å². The molecule has 1 aromatic rings. The highest BCUT2D eigenvalue weighted by molar-refractivity contribution is 7.94. The lowest BCUT2D eigenvalue weighted by molar-refractivity contribution is -0.120. The van der Waals surface area contributed by atoms with Gasteiger partial charge in [0, 0.05) is 17.0 Å². The van der Waals surface area contributed by atoms with Gasteiger partial charge in [-0.25, -0.2) is 8.42 Å². The van der Waals surface area contributed by atoms with Crippen molar-refractivity contribution in [3.8, 4) is 0 Å². The van der Waals surface area contributed by atoms with E-state index in [1.54, 1.807) is 11.0 Å². The standard InChI is InChI=1S/C17H21NO3S/c1-12(2)13-5-7-15(8-6-13)18(17(19)14-3-4-14)16-9-10-22(20,21)11-16/h5-10,12,14,16H,3-4,11H2,1-2H3/t16-/m1/s1. The molecule has 2 aliphatic rings. The van der Waals surface area contributed by atoms with Crippen LogP contribution in [0.15, 0.2) is 35.7 Å². The Morgan fingerprint density at radius 2 is 1.82 bits per heavy atom. The second-order valence-corrected chi connectivity index (χ2v) is 8.39. The number of nitrogens with zero attached hydrogens (tertiary/aromatic N) is 1. The van der Waals surface area contributed by atoms with Crippen LogP contribution in [-0.4, -0.2) is 26.1 Å². The molecule has 0 unspecified atom stereocenters. The van der Waals surface area contributed by atoms with Crippen molar-refractivity contribution < 1.29 is 13.2 Å². The Morgan fingerprint density at radius 3 is 2.27 bits per heavy atom. The first kappa shape index (κ1) is 15.3. The molecule has 1 aliphatic carbocycles. The average Bonchev–Trinajstić information content (AvgIpc) is 3.25. The molecule has 0 N–H and O–H groups in total. The monoisotopic (exact) mass is 319 g/mol. The first-order valence-electron chi connectivity index (χ1n) is 7.71. The number of rotatable bonds is 4. The quantitative estimate of drug-likeness (QED) is 0.857. The van der Waals surface area contributed by atoms with E-state index in [1.165, 1.54) is 11.0 Å². The fraction of sp³-hybridized carbons (Fsp3) is 0.471. The SMILES string of the molecule is CC(C)c1ccc(N(C(=O)C2CC2)[C@@H]2C=CS(=O)(=O)C2)cc1. The topological polar surface area (TPSA) is 54.5 Å². The third-order valence-corrected chi connectivity index (χ3v) is 5.62. The van der Waals surface area contributed by atoms with Crippen molar-refractivity contribution in [2.24, 2.45) is 5.92 Å². The van der Waals surface area contributed by atoms with Crippen molar-refractivity contribution in [2.75, 3.05) is 10.7 Å². The van der Waals surface area contributed by atoms with Crippen molar-refractivity contribution in [1.29, 1.82) is 0 Å². The lowest BCUT2D eigenvalue weighted by Crippen LogP contribution is -2.42. The summed E-state index contributed by atoms with van der Waals surface area (Å²) in [5, 5.41) is 1.23. The summed E-state index contributed by atoms with van der Waals surface area (Å²) in [6, 6.07) is 7.49. The molecule has 1 saturated carbocycles. The van der Waals surface area contributed by atoms with Gasteiger partial charge in [-0.3, -0.25) is 4.79 Å². The molecule has 4 nitrogen and oxygen atoms in total. The average molecular weight is 319 g/mol. The zero-order valence-corrected chi connectivity index (χ0v) is 13.7. The van der Waals surface area contributed by atoms with Crippen LogP contribution >= 0.6 is 0 Å². The molecular weight excluding hydrogens is 298 g/mol. The van der Waals surface area contributed by atoms with Gasteiger partial charge >= 0.3 is 0 Å². The summed E-state index contributed by atoms with van der Waals surface area (Å²) in [6.45, 7) is 4.24. The predicted octanol–water partition coefficient (Wildman–Crippen LogP) is 2.86. The van der Waals surface area contributed by atoms with Crippen molar-refractivity contribution in [2.45, 2.75) is 38.6 Å². The molecule has 1 amide bonds. The fourth-order valence-corrected chi connectivity index (χ4v) is 4.02. The largest absolute Gasteiger partial charge is 0.304 e. The van der Waals surface area contributed by atoms with Gasteiger partial charge in [0.2, 0.25) is 5.91 Å². The normalized spacial score (nSPS) is 23.0. The minimum Gasteiger partial charge on any atom is -0.304 e. The highest BCUT2D eigenvalue weighted by Gasteiger charge is 2.39. The van der Waals surface area contributed by atoms with Crippen LogP contribution in [-0.2, 0) is 14.6 Å². The molecule has 118 valence electrons. The summed E-state index contributed by atoms with van der Waals surface area (Å²) in [6.07, 6.45) is 3.44. The Balaban J connectivity index is 1.91. The molecule has 5 heteroatoms. The maximum Gasteiger partial charge on any atom is 0.230 e. The first-order valence-corrected chi connectivity index (χ1v) is 9.43. The zero-order chi connectivity index (χ0) is 15.9. The van der Waals surface area contributed by atoms with Gasteiger partial charge in [0.15, 0.2) is 9.84 Å². The number of benzene rings is 1. The van der Waals surface area contributed by atoms with Crippen LogP contribution in [0.25, 0.3) is 0 Å². The van der Waals surface area contributed by atoms with E-state index in [4.69, 9.17) is 0 Å². The van der Waals surface area contributed by atoms with Crippen LogP contribution in [0.5, 0.6) is 0 Å². The van der Waals surface area contributed by atoms with Crippen molar-refractivity contribution in [1.82, 2.24) is 0 Å². The third-order valence-electron chi connectivity index (χ3n) is 4.24. The van der Waals surface area contributed by atoms with Crippen LogP contribution in [0, 0.1) is 5.92 Å². The summed E-state index contributed by atoms with van der Waals surface area (Å²) in [4.78, 5) is 14.3. The lowest BCUT2D eigenvalue weighted by atomic mass is 10.0. The van der Waals surface area contributed by atoms with Gasteiger partial charge in [0.1, 0.15) is 0 Å². The molecule has 0 radical (unpaired) electrons. The van der Waals surface area contributed by atoms with E-state index >= 15 is 0 Å². The molecule has 1 atom stereocenters. The maximum absolute atomic E-state index is 12.6. The first-order chi connectivity index (χ1) is 10.4. The summed E-state index contributed by atoms with van der Waals surface area (Å²) in [5.74, 6) is 0.510. The molecule has 22 heavy (non-hydrogen) atoms. The smallest absolute Gasteiger partial charge is 0.230 e. The minimum absolute atomic E-state index is 0.0165. The van der Waals surface area contributed by atoms with Crippen molar-refractivity contribution >= 4 is 21.4 Å². The summed E-state index contributed by atoms with van der Waals surface area (Å²) >= 11 is 0. The van der Waals surface area contributed by atoms with E-state index in [0.29, 0.717) is 5.92 Å². The molecular formula is C17H21NO3S. The number of hydrogen-bond acceptors (Lipinski definition) is 3. The molecule has 0 aromatic heterocycles. The summed E-state index contributed by atoms with van der Waals surface area (Å²) < 4.78 is 23.4. The molecule has 0 saturated heterocycles. The number of carbonyl (C=O) groups is 1. The van der Waals surface area contributed by atoms with Crippen LogP contribution in [0.3, 0.4) is 0 Å². The number of amides is 1. The Kier molecular flexibility index (Phi) is 3.85. The molecule has 1 aromatic carbocycles. The van der Waals surface area contributed by atoms with Gasteiger partial charge < -0.3 is 4.90 Å². The van der Waals surface area contributed by atoms with E-state index in [9.17, 15) is 13.2 Å². The van der Waals surface area contributed by atoms with E-state index in [1.807, 2.05) is 24.3 Å². The van der Waals surface area contributed by atoms with Crippen LogP contribution in [0.2, 0.25) is 0 Å². The summed E-state index contributed by atoms with van der Waals surface area (Å²) in [7, 11) is -3.18. The van der Waals surface area contributed by atoms with Gasteiger partial charge in [0.25, 0.3) is 0 Å². The Morgan fingerprint density at radius 1 is 1.18 bits per heavy atom. The van der Waals surface area contributed by atoms with Gasteiger partial charge in [0.05, 0.1) is 11.8 Å². The van der Waals surface area contributed by atoms with E-state index in [0.717, 1.165) is 18.5 Å². The van der Waals surface area contributed by atoms with Gasteiger partial charge in [-0.05, 0) is 42.5 Å². The van der Waals surface area contributed by atoms with Gasteiger partial charge in [-0.1, -0.05) is 26.0 Å². The Bertz CT molecular complexity index is 700. The number of anilines is 1. The Hall–Kier alpha value is -1.62. The number of hydrogen-bond donors (Lipinski definition) is 0. The second kappa shape index (κ2) is 5.54. The van der Waals surface area contributed by atoms with Gasteiger partial charge in [-0.2, -0.15) is 0 Å². The van der Waals surface area contributed by atoms with Crippen LogP contribution < -0.4 is 4.90 Å². The van der Waals surface area contributed by atoms with Crippen molar-refractivity contribution in [3.05, 3.63) is 41.3 Å². The summed E-state index contributed by atoms with van der Waals surface area (Å²) in [5.41, 5.74) is 1.99. The lowest BCUT2D eigenvalue weighted by Gasteiger charge is -2.28. The van der Waals surface area contributed by atoms with Crippen LogP contribution in [0.4, 0.5) is 5.69 Å². The molecule has 0 bridgehead atoms. The second-order valence-electron chi connectivity index (χ2n) is 6.45. The number of sulfone groups is 1. The highest BCUT2D eigenvalue weighted by atomic mass is 32.2. The third kappa shape index (κ3) is 3.09. The molecule has 1 fully saturated rings. The molecule has 0 spiro atoms. The van der Waals surface area contributed by atoms with Crippen LogP contribution in [0.1, 0.15) is 38.2 Å². The molecule has 1 aliphatic heterocycles. The van der Waals surface area contributed by atoms with E-state index < -0.39 is 9.84 Å². The maximum atomic E-state index is 12.6. The highest BCUT2D eigenvalue weighted by Crippen LogP contribution is 2.35.